The van der Waals surface area contributed by atoms with Crippen LogP contribution in [0.15, 0.2) is 34.5 Å². The van der Waals surface area contributed by atoms with E-state index in [0.29, 0.717) is 5.02 Å². The van der Waals surface area contributed by atoms with Gasteiger partial charge < -0.3 is 5.11 Å². The molecule has 0 atom stereocenters. The Balaban J connectivity index is 2.38. The summed E-state index contributed by atoms with van der Waals surface area (Å²) in [5, 5.41) is 10.8. The van der Waals surface area contributed by atoms with Crippen molar-refractivity contribution in [2.75, 3.05) is 4.72 Å². The molecule has 0 fully saturated rings. The van der Waals surface area contributed by atoms with Gasteiger partial charge in [0.25, 0.3) is 10.0 Å². The van der Waals surface area contributed by atoms with Crippen LogP contribution in [0.1, 0.15) is 15.2 Å². The van der Waals surface area contributed by atoms with Crippen LogP contribution in [-0.4, -0.2) is 19.5 Å². The Morgan fingerprint density at radius 2 is 2.05 bits per heavy atom. The highest BCUT2D eigenvalue weighted by Gasteiger charge is 2.23. The molecule has 0 aliphatic heterocycles. The molecule has 0 radical (unpaired) electrons. The van der Waals surface area contributed by atoms with Crippen molar-refractivity contribution in [3.05, 3.63) is 45.1 Å². The molecule has 1 heterocycles. The van der Waals surface area contributed by atoms with E-state index in [9.17, 15) is 13.2 Å². The standard InChI is InChI=1S/C12H10ClNO4S2/c1-7-2-3-8(6-9(7)13)14-20(17,18)10-4-5-19-11(10)12(15)16/h2-6,14H,1H3,(H,15,16). The van der Waals surface area contributed by atoms with Gasteiger partial charge in [-0.25, -0.2) is 13.2 Å². The van der Waals surface area contributed by atoms with Gasteiger partial charge in [-0.2, -0.15) is 0 Å². The smallest absolute Gasteiger partial charge is 0.347 e. The molecule has 2 aromatic rings. The molecular weight excluding hydrogens is 322 g/mol. The fourth-order valence-electron chi connectivity index (χ4n) is 1.53. The third kappa shape index (κ3) is 2.95. The van der Waals surface area contributed by atoms with E-state index >= 15 is 0 Å². The van der Waals surface area contributed by atoms with E-state index in [1.54, 1.807) is 19.1 Å². The second-order valence-electron chi connectivity index (χ2n) is 3.99. The van der Waals surface area contributed by atoms with Gasteiger partial charge in [0.05, 0.1) is 5.69 Å². The number of hydrogen-bond acceptors (Lipinski definition) is 4. The maximum absolute atomic E-state index is 12.2. The minimum Gasteiger partial charge on any atom is -0.477 e. The molecule has 0 bridgehead atoms. The van der Waals surface area contributed by atoms with E-state index in [0.717, 1.165) is 16.9 Å². The Morgan fingerprint density at radius 3 is 2.65 bits per heavy atom. The first kappa shape index (κ1) is 14.8. The number of nitrogens with one attached hydrogen (secondary N) is 1. The molecular formula is C12H10ClNO4S2. The Bertz CT molecular complexity index is 768. The zero-order valence-electron chi connectivity index (χ0n) is 10.3. The SMILES string of the molecule is Cc1ccc(NS(=O)(=O)c2ccsc2C(=O)O)cc1Cl. The van der Waals surface area contributed by atoms with E-state index in [2.05, 4.69) is 4.72 Å². The van der Waals surface area contributed by atoms with Crippen molar-refractivity contribution in [2.45, 2.75) is 11.8 Å². The lowest BCUT2D eigenvalue weighted by molar-refractivity contribution is 0.0698. The van der Waals surface area contributed by atoms with Crippen LogP contribution in [0.5, 0.6) is 0 Å². The number of rotatable bonds is 4. The highest BCUT2D eigenvalue weighted by atomic mass is 35.5. The van der Waals surface area contributed by atoms with E-state index < -0.39 is 16.0 Å². The summed E-state index contributed by atoms with van der Waals surface area (Å²) >= 11 is 6.78. The molecule has 0 saturated heterocycles. The Morgan fingerprint density at radius 1 is 1.35 bits per heavy atom. The first-order chi connectivity index (χ1) is 9.31. The minimum atomic E-state index is -3.95. The Hall–Kier alpha value is -1.57. The summed E-state index contributed by atoms with van der Waals surface area (Å²) in [6.07, 6.45) is 0. The van der Waals surface area contributed by atoms with Gasteiger partial charge in [-0.15, -0.1) is 11.3 Å². The second kappa shape index (κ2) is 5.43. The quantitative estimate of drug-likeness (QED) is 0.901. The third-order valence-corrected chi connectivity index (χ3v) is 5.40. The van der Waals surface area contributed by atoms with Crippen LogP contribution < -0.4 is 4.72 Å². The van der Waals surface area contributed by atoms with Gasteiger partial charge >= 0.3 is 5.97 Å². The third-order valence-electron chi connectivity index (χ3n) is 2.54. The zero-order valence-corrected chi connectivity index (χ0v) is 12.6. The number of halogens is 1. The number of carboxylic acid groups (broad SMARTS) is 1. The monoisotopic (exact) mass is 331 g/mol. The van der Waals surface area contributed by atoms with Crippen molar-refractivity contribution < 1.29 is 18.3 Å². The van der Waals surface area contributed by atoms with Crippen LogP contribution in [-0.2, 0) is 10.0 Å². The minimum absolute atomic E-state index is 0.226. The summed E-state index contributed by atoms with van der Waals surface area (Å²) in [4.78, 5) is 10.5. The van der Waals surface area contributed by atoms with Crippen molar-refractivity contribution in [3.8, 4) is 0 Å². The summed E-state index contributed by atoms with van der Waals surface area (Å²) in [5.41, 5.74) is 1.10. The van der Waals surface area contributed by atoms with E-state index in [1.165, 1.54) is 17.5 Å². The van der Waals surface area contributed by atoms with Crippen LogP contribution in [0, 0.1) is 6.92 Å². The van der Waals surface area contributed by atoms with Crippen molar-refractivity contribution in [1.29, 1.82) is 0 Å². The van der Waals surface area contributed by atoms with Gasteiger partial charge in [-0.05, 0) is 36.1 Å². The maximum atomic E-state index is 12.2. The van der Waals surface area contributed by atoms with Crippen LogP contribution in [0.2, 0.25) is 5.02 Å². The molecule has 20 heavy (non-hydrogen) atoms. The molecule has 8 heteroatoms. The number of anilines is 1. The predicted octanol–water partition coefficient (Wildman–Crippen LogP) is 3.21. The number of thiophene rings is 1. The molecule has 0 spiro atoms. The average Bonchev–Trinajstić information content (AvgIpc) is 2.83. The molecule has 1 aromatic heterocycles. The van der Waals surface area contributed by atoms with Crippen molar-refractivity contribution in [1.82, 2.24) is 0 Å². The van der Waals surface area contributed by atoms with Crippen LogP contribution >= 0.6 is 22.9 Å². The highest BCUT2D eigenvalue weighted by Crippen LogP contribution is 2.26. The van der Waals surface area contributed by atoms with Gasteiger partial charge in [0, 0.05) is 5.02 Å². The fourth-order valence-corrected chi connectivity index (χ4v) is 4.02. The summed E-state index contributed by atoms with van der Waals surface area (Å²) in [5.74, 6) is -1.28. The first-order valence-corrected chi connectivity index (χ1v) is 8.15. The molecule has 5 nitrogen and oxygen atoms in total. The highest BCUT2D eigenvalue weighted by molar-refractivity contribution is 7.93. The van der Waals surface area contributed by atoms with E-state index in [4.69, 9.17) is 16.7 Å². The molecule has 106 valence electrons. The molecule has 0 aliphatic carbocycles. The number of aromatic carboxylic acids is 1. The summed E-state index contributed by atoms with van der Waals surface area (Å²) in [6.45, 7) is 1.79. The van der Waals surface area contributed by atoms with Gasteiger partial charge in [0.2, 0.25) is 0 Å². The molecule has 2 rings (SSSR count). The summed E-state index contributed by atoms with van der Waals surface area (Å²) in [7, 11) is -3.95. The number of carboxylic acids is 1. The predicted molar refractivity (Wildman–Crippen MR) is 78.3 cm³/mol. The maximum Gasteiger partial charge on any atom is 0.347 e. The van der Waals surface area contributed by atoms with Crippen LogP contribution in [0.4, 0.5) is 5.69 Å². The lowest BCUT2D eigenvalue weighted by Gasteiger charge is -2.08. The topological polar surface area (TPSA) is 83.5 Å². The molecule has 0 amide bonds. The summed E-state index contributed by atoms with van der Waals surface area (Å²) < 4.78 is 26.7. The lowest BCUT2D eigenvalue weighted by Crippen LogP contribution is -2.15. The number of hydrogen-bond donors (Lipinski definition) is 2. The number of aryl methyl sites for hydroxylation is 1. The fraction of sp³-hybridized carbons (Fsp3) is 0.0833. The summed E-state index contributed by atoms with van der Waals surface area (Å²) in [6, 6.07) is 5.96. The van der Waals surface area contributed by atoms with E-state index in [1.807, 2.05) is 0 Å². The first-order valence-electron chi connectivity index (χ1n) is 5.41. The normalized spacial score (nSPS) is 11.3. The lowest BCUT2D eigenvalue weighted by atomic mass is 10.2. The number of carbonyl (C=O) groups is 1. The van der Waals surface area contributed by atoms with Gasteiger partial charge in [-0.1, -0.05) is 17.7 Å². The molecule has 2 N–H and O–H groups in total. The largest absolute Gasteiger partial charge is 0.477 e. The van der Waals surface area contributed by atoms with Crippen molar-refractivity contribution >= 4 is 44.6 Å². The second-order valence-corrected chi connectivity index (χ2v) is 6.96. The molecule has 0 saturated carbocycles. The molecule has 1 aromatic carbocycles. The van der Waals surface area contributed by atoms with E-state index in [-0.39, 0.29) is 15.5 Å². The average molecular weight is 332 g/mol. The Kier molecular flexibility index (Phi) is 4.03. The van der Waals surface area contributed by atoms with Crippen LogP contribution in [0.3, 0.4) is 0 Å². The number of benzene rings is 1. The van der Waals surface area contributed by atoms with Crippen LogP contribution in [0.25, 0.3) is 0 Å². The zero-order chi connectivity index (χ0) is 14.9. The van der Waals surface area contributed by atoms with Gasteiger partial charge in [0.15, 0.2) is 0 Å². The molecule has 0 aliphatic rings. The Labute approximate surface area is 124 Å². The van der Waals surface area contributed by atoms with Crippen molar-refractivity contribution in [2.24, 2.45) is 0 Å². The number of sulfonamides is 1. The molecule has 0 unspecified atom stereocenters. The van der Waals surface area contributed by atoms with Gasteiger partial charge in [0.1, 0.15) is 9.77 Å². The van der Waals surface area contributed by atoms with Crippen molar-refractivity contribution in [3.63, 3.8) is 0 Å². The van der Waals surface area contributed by atoms with Gasteiger partial charge in [-0.3, -0.25) is 4.72 Å².